The van der Waals surface area contributed by atoms with Crippen LogP contribution >= 0.6 is 0 Å². The fourth-order valence-electron chi connectivity index (χ4n) is 2.55. The Hall–Kier alpha value is -3.41. The number of imide groups is 1. The van der Waals surface area contributed by atoms with Gasteiger partial charge >= 0.3 is 12.1 Å². The molecule has 0 aromatic heterocycles. The van der Waals surface area contributed by atoms with Gasteiger partial charge in [0.15, 0.2) is 0 Å². The molecule has 0 bridgehead atoms. The van der Waals surface area contributed by atoms with Crippen molar-refractivity contribution in [1.29, 1.82) is 0 Å². The predicted octanol–water partition coefficient (Wildman–Crippen LogP) is 3.29. The molecule has 1 saturated heterocycles. The van der Waals surface area contributed by atoms with Crippen molar-refractivity contribution in [2.24, 2.45) is 0 Å². The molecular weight excluding hydrogens is 334 g/mol. The van der Waals surface area contributed by atoms with E-state index in [0.29, 0.717) is 5.56 Å². The van der Waals surface area contributed by atoms with Crippen LogP contribution in [0.5, 0.6) is 5.75 Å². The number of carbonyl (C=O) groups excluding carboxylic acids is 3. The predicted molar refractivity (Wildman–Crippen MR) is 94.5 cm³/mol. The van der Waals surface area contributed by atoms with Crippen LogP contribution < -0.4 is 4.74 Å². The first-order valence-corrected chi connectivity index (χ1v) is 8.04. The van der Waals surface area contributed by atoms with Crippen molar-refractivity contribution in [3.63, 3.8) is 0 Å². The summed E-state index contributed by atoms with van der Waals surface area (Å²) in [6.07, 6.45) is 3.19. The van der Waals surface area contributed by atoms with Crippen LogP contribution in [0.25, 0.3) is 6.08 Å². The number of carbonyl (C=O) groups is 3. The van der Waals surface area contributed by atoms with Crippen LogP contribution in [0.1, 0.15) is 22.3 Å². The third kappa shape index (κ3) is 3.80. The van der Waals surface area contributed by atoms with Crippen LogP contribution in [0.4, 0.5) is 4.79 Å². The van der Waals surface area contributed by atoms with E-state index in [2.05, 4.69) is 4.74 Å². The molecule has 1 fully saturated rings. The quantitative estimate of drug-likeness (QED) is 0.624. The maximum absolute atomic E-state index is 12.3. The summed E-state index contributed by atoms with van der Waals surface area (Å²) >= 11 is 0. The molecule has 2 aromatic rings. The summed E-state index contributed by atoms with van der Waals surface area (Å²) < 4.78 is 9.83. The van der Waals surface area contributed by atoms with E-state index in [4.69, 9.17) is 4.74 Å². The summed E-state index contributed by atoms with van der Waals surface area (Å²) in [5.41, 5.74) is 1.33. The van der Waals surface area contributed by atoms with Crippen molar-refractivity contribution in [2.75, 3.05) is 7.11 Å². The van der Waals surface area contributed by atoms with Gasteiger partial charge in [0.05, 0.1) is 25.1 Å². The molecule has 2 aromatic carbocycles. The number of rotatable bonds is 4. The Morgan fingerprint density at radius 2 is 1.77 bits per heavy atom. The van der Waals surface area contributed by atoms with Gasteiger partial charge in [0.2, 0.25) is 5.91 Å². The molecule has 0 spiro atoms. The molecule has 6 heteroatoms. The summed E-state index contributed by atoms with van der Waals surface area (Å²) in [6.45, 7) is 0. The summed E-state index contributed by atoms with van der Waals surface area (Å²) in [7, 11) is 1.29. The van der Waals surface area contributed by atoms with Crippen LogP contribution in [0.15, 0.2) is 60.7 Å². The van der Waals surface area contributed by atoms with E-state index >= 15 is 0 Å². The van der Waals surface area contributed by atoms with E-state index in [1.54, 1.807) is 6.08 Å². The number of amides is 2. The third-order valence-electron chi connectivity index (χ3n) is 3.97. The third-order valence-corrected chi connectivity index (χ3v) is 3.97. The molecule has 132 valence electrons. The van der Waals surface area contributed by atoms with E-state index in [1.165, 1.54) is 31.4 Å². The van der Waals surface area contributed by atoms with E-state index in [1.807, 2.05) is 36.4 Å². The Morgan fingerprint density at radius 3 is 2.38 bits per heavy atom. The monoisotopic (exact) mass is 351 g/mol. The van der Waals surface area contributed by atoms with Crippen molar-refractivity contribution in [2.45, 2.75) is 12.5 Å². The SMILES string of the molecule is COC(=O)c1ccc(OC(=O)N2C(=O)C[C@H]2/C=C/c2ccccc2)cc1. The van der Waals surface area contributed by atoms with Crippen molar-refractivity contribution in [3.8, 4) is 5.75 Å². The smallest absolute Gasteiger partial charge is 0.422 e. The molecule has 0 aliphatic carbocycles. The van der Waals surface area contributed by atoms with E-state index in [0.717, 1.165) is 10.5 Å². The molecule has 1 aliphatic heterocycles. The fraction of sp³-hybridized carbons (Fsp3) is 0.150. The average Bonchev–Trinajstić information content (AvgIpc) is 2.65. The van der Waals surface area contributed by atoms with Gasteiger partial charge in [-0.25, -0.2) is 14.5 Å². The zero-order valence-electron chi connectivity index (χ0n) is 14.1. The number of likely N-dealkylation sites (tertiary alicyclic amines) is 1. The van der Waals surface area contributed by atoms with E-state index in [9.17, 15) is 14.4 Å². The number of benzene rings is 2. The van der Waals surface area contributed by atoms with Crippen LogP contribution in [-0.4, -0.2) is 36.0 Å². The van der Waals surface area contributed by atoms with Gasteiger partial charge in [-0.3, -0.25) is 4.79 Å². The maximum atomic E-state index is 12.3. The Kier molecular flexibility index (Phi) is 5.12. The zero-order chi connectivity index (χ0) is 18.5. The lowest BCUT2D eigenvalue weighted by molar-refractivity contribution is -0.139. The molecular formula is C20H17NO5. The average molecular weight is 351 g/mol. The summed E-state index contributed by atoms with van der Waals surface area (Å²) in [4.78, 5) is 36.5. The molecule has 0 N–H and O–H groups in total. The first-order valence-electron chi connectivity index (χ1n) is 8.04. The molecule has 0 radical (unpaired) electrons. The first-order chi connectivity index (χ1) is 12.6. The lowest BCUT2D eigenvalue weighted by Crippen LogP contribution is -2.55. The first kappa shape index (κ1) is 17.4. The largest absolute Gasteiger partial charge is 0.465 e. The summed E-state index contributed by atoms with van der Waals surface area (Å²) in [5, 5.41) is 0. The van der Waals surface area contributed by atoms with Crippen LogP contribution in [0.2, 0.25) is 0 Å². The maximum Gasteiger partial charge on any atom is 0.422 e. The van der Waals surface area contributed by atoms with Crippen LogP contribution in [0.3, 0.4) is 0 Å². The van der Waals surface area contributed by atoms with Gasteiger partial charge in [-0.05, 0) is 29.8 Å². The van der Waals surface area contributed by atoms with Crippen LogP contribution in [-0.2, 0) is 9.53 Å². The number of esters is 1. The minimum absolute atomic E-state index is 0.244. The van der Waals surface area contributed by atoms with Crippen molar-refractivity contribution >= 4 is 24.0 Å². The molecule has 1 heterocycles. The molecule has 0 saturated carbocycles. The van der Waals surface area contributed by atoms with Crippen LogP contribution in [0, 0.1) is 0 Å². The molecule has 6 nitrogen and oxygen atoms in total. The van der Waals surface area contributed by atoms with Crippen molar-refractivity contribution in [3.05, 3.63) is 71.8 Å². The highest BCUT2D eigenvalue weighted by Crippen LogP contribution is 2.24. The second kappa shape index (κ2) is 7.65. The normalized spacial score (nSPS) is 16.3. The highest BCUT2D eigenvalue weighted by Gasteiger charge is 2.40. The molecule has 1 aliphatic rings. The zero-order valence-corrected chi connectivity index (χ0v) is 14.1. The second-order valence-corrected chi connectivity index (χ2v) is 5.69. The second-order valence-electron chi connectivity index (χ2n) is 5.69. The number of ether oxygens (including phenoxy) is 2. The summed E-state index contributed by atoms with van der Waals surface area (Å²) in [5.74, 6) is -0.524. The molecule has 0 unspecified atom stereocenters. The number of nitrogens with zero attached hydrogens (tertiary/aromatic N) is 1. The number of hydrogen-bond donors (Lipinski definition) is 0. The highest BCUT2D eigenvalue weighted by molar-refractivity contribution is 5.99. The van der Waals surface area contributed by atoms with Gasteiger partial charge < -0.3 is 9.47 Å². The lowest BCUT2D eigenvalue weighted by atomic mass is 10.0. The highest BCUT2D eigenvalue weighted by atomic mass is 16.6. The van der Waals surface area contributed by atoms with E-state index in [-0.39, 0.29) is 24.1 Å². The molecule has 3 rings (SSSR count). The van der Waals surface area contributed by atoms with Gasteiger partial charge in [0, 0.05) is 0 Å². The van der Waals surface area contributed by atoms with Gasteiger partial charge in [-0.15, -0.1) is 0 Å². The van der Waals surface area contributed by atoms with Gasteiger partial charge in [-0.1, -0.05) is 42.5 Å². The number of methoxy groups -OCH3 is 1. The molecule has 2 amide bonds. The Labute approximate surface area is 150 Å². The standard InChI is InChI=1S/C20H17NO5/c1-25-19(23)15-8-11-17(12-9-15)26-20(24)21-16(13-18(21)22)10-7-14-5-3-2-4-6-14/h2-12,16H,13H2,1H3/b10-7+/t16-/m1/s1. The molecule has 1 atom stereocenters. The lowest BCUT2D eigenvalue weighted by Gasteiger charge is -2.35. The van der Waals surface area contributed by atoms with Gasteiger partial charge in [0.1, 0.15) is 5.75 Å². The number of hydrogen-bond acceptors (Lipinski definition) is 5. The Morgan fingerprint density at radius 1 is 1.08 bits per heavy atom. The summed E-state index contributed by atoms with van der Waals surface area (Å²) in [6, 6.07) is 15.2. The Balaban J connectivity index is 1.63. The fourth-order valence-corrected chi connectivity index (χ4v) is 2.55. The molecule has 26 heavy (non-hydrogen) atoms. The van der Waals surface area contributed by atoms with Crippen molar-refractivity contribution in [1.82, 2.24) is 4.90 Å². The van der Waals surface area contributed by atoms with Gasteiger partial charge in [0.25, 0.3) is 0 Å². The van der Waals surface area contributed by atoms with E-state index < -0.39 is 12.1 Å². The Bertz CT molecular complexity index is 842. The number of β-lactam (4-membered cyclic amide) rings is 1. The van der Waals surface area contributed by atoms with Gasteiger partial charge in [-0.2, -0.15) is 0 Å². The minimum Gasteiger partial charge on any atom is -0.465 e. The van der Waals surface area contributed by atoms with Crippen molar-refractivity contribution < 1.29 is 23.9 Å². The minimum atomic E-state index is -0.741. The topological polar surface area (TPSA) is 72.9 Å².